The first-order valence-electron chi connectivity index (χ1n) is 8.88. The zero-order chi connectivity index (χ0) is 18.2. The molecule has 0 aliphatic carbocycles. The van der Waals surface area contributed by atoms with Crippen molar-refractivity contribution in [3.63, 3.8) is 0 Å². The average Bonchev–Trinajstić information content (AvgIpc) is 3.10. The molecule has 0 bridgehead atoms. The second-order valence-corrected chi connectivity index (χ2v) is 6.94. The van der Waals surface area contributed by atoms with E-state index in [1.807, 2.05) is 42.4 Å². The number of hydrogen-bond acceptors (Lipinski definition) is 3. The summed E-state index contributed by atoms with van der Waals surface area (Å²) in [6.07, 6.45) is 6.56. The van der Waals surface area contributed by atoms with Gasteiger partial charge in [-0.25, -0.2) is 0 Å². The van der Waals surface area contributed by atoms with Gasteiger partial charge in [-0.3, -0.25) is 9.69 Å². The molecule has 4 N–H and O–H groups in total. The van der Waals surface area contributed by atoms with E-state index in [1.54, 1.807) is 0 Å². The Kier molecular flexibility index (Phi) is 4.47. The van der Waals surface area contributed by atoms with Crippen molar-refractivity contribution in [1.82, 2.24) is 9.88 Å². The molecule has 1 aliphatic heterocycles. The fourth-order valence-electron chi connectivity index (χ4n) is 4.41. The number of nitrogens with zero attached hydrogens (tertiary/aromatic N) is 1. The fourth-order valence-corrected chi connectivity index (χ4v) is 4.41. The first-order chi connectivity index (χ1) is 12.0. The van der Waals surface area contributed by atoms with Crippen LogP contribution in [0.2, 0.25) is 0 Å². The Morgan fingerprint density at radius 2 is 2.04 bits per heavy atom. The first kappa shape index (κ1) is 17.7. The largest absolute Gasteiger partial charge is 0.394 e. The highest BCUT2D eigenvalue weighted by Gasteiger charge is 2.53. The third-order valence-electron chi connectivity index (χ3n) is 6.25. The molecule has 0 saturated carbocycles. The topological polar surface area (TPSA) is 82.3 Å². The van der Waals surface area contributed by atoms with Gasteiger partial charge in [-0.1, -0.05) is 38.1 Å². The maximum atomic E-state index is 12.7. The van der Waals surface area contributed by atoms with Crippen molar-refractivity contribution >= 4 is 22.4 Å². The van der Waals surface area contributed by atoms with Crippen LogP contribution in [-0.4, -0.2) is 45.6 Å². The number of aromatic nitrogens is 1. The van der Waals surface area contributed by atoms with Crippen molar-refractivity contribution in [3.8, 4) is 0 Å². The highest BCUT2D eigenvalue weighted by atomic mass is 16.3. The van der Waals surface area contributed by atoms with E-state index in [1.165, 1.54) is 0 Å². The normalized spacial score (nSPS) is 23.6. The molecule has 1 aromatic carbocycles. The van der Waals surface area contributed by atoms with Gasteiger partial charge in [0.25, 0.3) is 0 Å². The van der Waals surface area contributed by atoms with Gasteiger partial charge in [-0.2, -0.15) is 0 Å². The van der Waals surface area contributed by atoms with Gasteiger partial charge >= 0.3 is 0 Å². The van der Waals surface area contributed by atoms with Crippen molar-refractivity contribution in [3.05, 3.63) is 42.1 Å². The summed E-state index contributed by atoms with van der Waals surface area (Å²) in [6.45, 7) is 3.89. The maximum Gasteiger partial charge on any atom is 0.245 e. The molecule has 5 nitrogen and oxygen atoms in total. The smallest absolute Gasteiger partial charge is 0.245 e. The van der Waals surface area contributed by atoms with E-state index < -0.39 is 11.4 Å². The van der Waals surface area contributed by atoms with Crippen LogP contribution in [0, 0.1) is 0 Å². The number of nitrogens with one attached hydrogen (secondary N) is 1. The number of hydrogen-bond donors (Lipinski definition) is 3. The summed E-state index contributed by atoms with van der Waals surface area (Å²) >= 11 is 0. The van der Waals surface area contributed by atoms with Crippen LogP contribution in [0.25, 0.3) is 16.5 Å². The molecule has 5 heteroatoms. The van der Waals surface area contributed by atoms with Gasteiger partial charge < -0.3 is 15.8 Å². The van der Waals surface area contributed by atoms with Gasteiger partial charge in [-0.15, -0.1) is 0 Å². The quantitative estimate of drug-likeness (QED) is 0.782. The number of aliphatic hydroxyl groups excluding tert-OH is 1. The van der Waals surface area contributed by atoms with Gasteiger partial charge in [0, 0.05) is 17.3 Å². The van der Waals surface area contributed by atoms with Crippen LogP contribution in [0.15, 0.2) is 36.5 Å². The highest BCUT2D eigenvalue weighted by Crippen LogP contribution is 2.46. The van der Waals surface area contributed by atoms with Gasteiger partial charge in [0.2, 0.25) is 5.91 Å². The summed E-state index contributed by atoms with van der Waals surface area (Å²) < 4.78 is 0. The third kappa shape index (κ3) is 2.34. The monoisotopic (exact) mass is 341 g/mol. The summed E-state index contributed by atoms with van der Waals surface area (Å²) in [4.78, 5) is 17.9. The number of primary amides is 1. The van der Waals surface area contributed by atoms with Crippen LogP contribution in [0.4, 0.5) is 0 Å². The van der Waals surface area contributed by atoms with Gasteiger partial charge in [0.1, 0.15) is 5.54 Å². The molecule has 2 heterocycles. The molecule has 0 fully saturated rings. The molecular weight excluding hydrogens is 314 g/mol. The van der Waals surface area contributed by atoms with Crippen LogP contribution in [0.1, 0.15) is 38.7 Å². The lowest BCUT2D eigenvalue weighted by atomic mass is 9.71. The van der Waals surface area contributed by atoms with E-state index in [9.17, 15) is 9.90 Å². The van der Waals surface area contributed by atoms with Crippen LogP contribution < -0.4 is 5.73 Å². The van der Waals surface area contributed by atoms with Crippen LogP contribution in [0.3, 0.4) is 0 Å². The van der Waals surface area contributed by atoms with Crippen molar-refractivity contribution in [2.75, 3.05) is 13.7 Å². The average molecular weight is 341 g/mol. The number of amides is 1. The molecule has 0 spiro atoms. The molecule has 1 unspecified atom stereocenters. The lowest BCUT2D eigenvalue weighted by Crippen LogP contribution is -2.68. The Bertz CT molecular complexity index is 819. The number of likely N-dealkylation sites (N-methyl/N-ethyl adjacent to an activating group) is 1. The molecule has 2 aromatic rings. The first-order valence-corrected chi connectivity index (χ1v) is 8.88. The van der Waals surface area contributed by atoms with E-state index in [2.05, 4.69) is 24.9 Å². The van der Waals surface area contributed by atoms with Crippen LogP contribution in [-0.2, 0) is 4.79 Å². The predicted octanol–water partition coefficient (Wildman–Crippen LogP) is 2.66. The van der Waals surface area contributed by atoms with Crippen molar-refractivity contribution < 1.29 is 9.90 Å². The summed E-state index contributed by atoms with van der Waals surface area (Å²) in [5, 5.41) is 11.4. The summed E-state index contributed by atoms with van der Waals surface area (Å²) in [6, 6.07) is 7.97. The Morgan fingerprint density at radius 1 is 1.32 bits per heavy atom. The Morgan fingerprint density at radius 3 is 2.64 bits per heavy atom. The maximum absolute atomic E-state index is 12.7. The summed E-state index contributed by atoms with van der Waals surface area (Å²) in [5.74, 6) is -0.515. The second-order valence-electron chi connectivity index (χ2n) is 6.94. The molecule has 1 amide bonds. The minimum Gasteiger partial charge on any atom is -0.394 e. The minimum absolute atomic E-state index is 0.190. The van der Waals surface area contributed by atoms with Crippen LogP contribution >= 0.6 is 0 Å². The molecule has 1 atom stereocenters. The Labute approximate surface area is 148 Å². The molecule has 134 valence electrons. The standard InChI is InChI=1S/C20H27N3O2/c1-4-19(5-2)11-9-16(20(13-24,18(21)25)23(19)3)15-8-6-7-14-10-12-22-17(14)15/h6-10,12,22,24H,4-5,11,13H2,1-3H3,(H2,21,25). The molecule has 1 aliphatic rings. The van der Waals surface area contributed by atoms with Gasteiger partial charge in [-0.05, 0) is 43.3 Å². The number of benzene rings is 1. The van der Waals surface area contributed by atoms with Crippen molar-refractivity contribution in [2.24, 2.45) is 5.73 Å². The molecular formula is C20H27N3O2. The second kappa shape index (κ2) is 6.32. The number of aromatic amines is 1. The van der Waals surface area contributed by atoms with E-state index in [0.29, 0.717) is 0 Å². The number of carbonyl (C=O) groups excluding carboxylic acids is 1. The lowest BCUT2D eigenvalue weighted by Gasteiger charge is -2.54. The van der Waals surface area contributed by atoms with E-state index >= 15 is 0 Å². The van der Waals surface area contributed by atoms with Gasteiger partial charge in [0.05, 0.1) is 12.1 Å². The number of aliphatic hydroxyl groups is 1. The van der Waals surface area contributed by atoms with E-state index in [0.717, 1.165) is 41.3 Å². The van der Waals surface area contributed by atoms with Gasteiger partial charge in [0.15, 0.2) is 0 Å². The fraction of sp³-hybridized carbons (Fsp3) is 0.450. The summed E-state index contributed by atoms with van der Waals surface area (Å²) in [5.41, 5.74) is 7.13. The molecule has 3 rings (SSSR count). The number of carbonyl (C=O) groups is 1. The predicted molar refractivity (Wildman–Crippen MR) is 101 cm³/mol. The number of nitrogens with two attached hydrogens (primary N) is 1. The third-order valence-corrected chi connectivity index (χ3v) is 6.25. The van der Waals surface area contributed by atoms with E-state index in [4.69, 9.17) is 5.73 Å². The molecule has 0 saturated heterocycles. The summed E-state index contributed by atoms with van der Waals surface area (Å²) in [7, 11) is 1.91. The van der Waals surface area contributed by atoms with Crippen molar-refractivity contribution in [1.29, 1.82) is 0 Å². The number of fused-ring (bicyclic) bond motifs is 1. The van der Waals surface area contributed by atoms with Crippen molar-refractivity contribution in [2.45, 2.75) is 44.2 Å². The van der Waals surface area contributed by atoms with Crippen LogP contribution in [0.5, 0.6) is 0 Å². The number of para-hydroxylation sites is 1. The zero-order valence-corrected chi connectivity index (χ0v) is 15.2. The molecule has 0 radical (unpaired) electrons. The lowest BCUT2D eigenvalue weighted by molar-refractivity contribution is -0.133. The molecule has 1 aromatic heterocycles. The zero-order valence-electron chi connectivity index (χ0n) is 15.2. The SMILES string of the molecule is CCC1(CC)CC=C(c2cccc3cc[nH]c23)C(CO)(C(N)=O)N1C. The number of H-pyrrole nitrogens is 1. The minimum atomic E-state index is -1.23. The Hall–Kier alpha value is -2.11. The highest BCUT2D eigenvalue weighted by molar-refractivity contribution is 6.05. The molecule has 25 heavy (non-hydrogen) atoms. The number of rotatable bonds is 5. The Balaban J connectivity index is 2.29. The van der Waals surface area contributed by atoms with E-state index in [-0.39, 0.29) is 12.1 Å².